The van der Waals surface area contributed by atoms with E-state index in [1.165, 1.54) is 6.07 Å². The molecule has 1 heterocycles. The van der Waals surface area contributed by atoms with Crippen molar-refractivity contribution in [2.45, 2.75) is 6.10 Å². The van der Waals surface area contributed by atoms with Gasteiger partial charge in [0, 0.05) is 25.6 Å². The van der Waals surface area contributed by atoms with Gasteiger partial charge >= 0.3 is 6.03 Å². The number of amides is 2. The first-order valence-corrected chi connectivity index (χ1v) is 6.76. The molecule has 7 heteroatoms. The molecule has 0 aliphatic carbocycles. The lowest BCUT2D eigenvalue weighted by atomic mass is 9.95. The van der Waals surface area contributed by atoms with Crippen LogP contribution in [0.1, 0.15) is 11.7 Å². The molecule has 0 spiro atoms. The van der Waals surface area contributed by atoms with Gasteiger partial charge in [0.1, 0.15) is 5.82 Å². The summed E-state index contributed by atoms with van der Waals surface area (Å²) in [6.45, 7) is 2.30. The molecule has 0 aromatic heterocycles. The Balaban J connectivity index is 2.18. The SMILES string of the molecule is NC(=O)NC[C@@H]1CNCCO[C@H]1c1ccc(F)c(Cl)c1. The Bertz CT molecular complexity index is 487. The molecule has 0 unspecified atom stereocenters. The van der Waals surface area contributed by atoms with E-state index >= 15 is 0 Å². The van der Waals surface area contributed by atoms with Gasteiger partial charge in [0.25, 0.3) is 0 Å². The number of nitrogens with one attached hydrogen (secondary N) is 2. The summed E-state index contributed by atoms with van der Waals surface area (Å²) in [5.74, 6) is -0.472. The summed E-state index contributed by atoms with van der Waals surface area (Å²) in [6.07, 6.45) is -0.269. The van der Waals surface area contributed by atoms with Gasteiger partial charge in [-0.2, -0.15) is 0 Å². The van der Waals surface area contributed by atoms with Gasteiger partial charge < -0.3 is 21.1 Å². The molecule has 1 fully saturated rings. The molecule has 110 valence electrons. The number of nitrogens with two attached hydrogens (primary N) is 1. The topological polar surface area (TPSA) is 76.4 Å². The van der Waals surface area contributed by atoms with Gasteiger partial charge in [-0.1, -0.05) is 17.7 Å². The first-order valence-electron chi connectivity index (χ1n) is 6.38. The number of rotatable bonds is 3. The molecule has 5 nitrogen and oxygen atoms in total. The normalized spacial score (nSPS) is 23.1. The number of halogens is 2. The van der Waals surface area contributed by atoms with Crippen molar-refractivity contribution in [3.05, 3.63) is 34.6 Å². The van der Waals surface area contributed by atoms with Gasteiger partial charge in [-0.3, -0.25) is 0 Å². The van der Waals surface area contributed by atoms with Gasteiger partial charge in [-0.05, 0) is 17.7 Å². The number of hydrogen-bond acceptors (Lipinski definition) is 3. The zero-order valence-electron chi connectivity index (χ0n) is 10.9. The maximum atomic E-state index is 13.2. The Morgan fingerprint density at radius 1 is 1.60 bits per heavy atom. The van der Waals surface area contributed by atoms with E-state index in [-0.39, 0.29) is 17.0 Å². The number of urea groups is 1. The highest BCUT2D eigenvalue weighted by atomic mass is 35.5. The van der Waals surface area contributed by atoms with Crippen LogP contribution in [0, 0.1) is 11.7 Å². The summed E-state index contributed by atoms with van der Waals surface area (Å²) in [7, 11) is 0. The fourth-order valence-corrected chi connectivity index (χ4v) is 2.45. The van der Waals surface area contributed by atoms with Crippen LogP contribution in [0.15, 0.2) is 18.2 Å². The second-order valence-corrected chi connectivity index (χ2v) is 5.08. The molecule has 2 rings (SSSR count). The van der Waals surface area contributed by atoms with Crippen LogP contribution in [0.5, 0.6) is 0 Å². The van der Waals surface area contributed by atoms with E-state index in [2.05, 4.69) is 10.6 Å². The average Bonchev–Trinajstić information content (AvgIpc) is 2.65. The van der Waals surface area contributed by atoms with Crippen LogP contribution in [0.2, 0.25) is 5.02 Å². The predicted octanol–water partition coefficient (Wildman–Crippen LogP) is 1.42. The van der Waals surface area contributed by atoms with Crippen molar-refractivity contribution in [1.29, 1.82) is 0 Å². The van der Waals surface area contributed by atoms with Crippen LogP contribution in [-0.2, 0) is 4.74 Å². The minimum atomic E-state index is -0.579. The summed E-state index contributed by atoms with van der Waals surface area (Å²) >= 11 is 5.81. The molecule has 20 heavy (non-hydrogen) atoms. The lowest BCUT2D eigenvalue weighted by molar-refractivity contribution is 0.0315. The maximum Gasteiger partial charge on any atom is 0.312 e. The van der Waals surface area contributed by atoms with Crippen LogP contribution >= 0.6 is 11.6 Å². The van der Waals surface area contributed by atoms with E-state index in [4.69, 9.17) is 22.1 Å². The van der Waals surface area contributed by atoms with Crippen LogP contribution in [0.25, 0.3) is 0 Å². The fraction of sp³-hybridized carbons (Fsp3) is 0.462. The van der Waals surface area contributed by atoms with Gasteiger partial charge in [0.05, 0.1) is 17.7 Å². The minimum Gasteiger partial charge on any atom is -0.372 e. The number of primary amides is 1. The Morgan fingerprint density at radius 2 is 2.40 bits per heavy atom. The minimum absolute atomic E-state index is 0.00784. The molecule has 1 aliphatic heterocycles. The quantitative estimate of drug-likeness (QED) is 0.790. The van der Waals surface area contributed by atoms with Crippen LogP contribution in [-0.4, -0.2) is 32.3 Å². The fourth-order valence-electron chi connectivity index (χ4n) is 2.26. The summed E-state index contributed by atoms with van der Waals surface area (Å²) in [6, 6.07) is 3.95. The molecular formula is C13H17ClFN3O2. The second-order valence-electron chi connectivity index (χ2n) is 4.67. The maximum absolute atomic E-state index is 13.2. The van der Waals surface area contributed by atoms with Crippen molar-refractivity contribution in [3.8, 4) is 0 Å². The third kappa shape index (κ3) is 3.82. The van der Waals surface area contributed by atoms with Crippen molar-refractivity contribution in [2.75, 3.05) is 26.2 Å². The average molecular weight is 302 g/mol. The van der Waals surface area contributed by atoms with Gasteiger partial charge in [-0.15, -0.1) is 0 Å². The molecule has 0 bridgehead atoms. The van der Waals surface area contributed by atoms with Crippen molar-refractivity contribution in [1.82, 2.24) is 10.6 Å². The molecule has 1 aliphatic rings. The molecule has 0 radical (unpaired) electrons. The Labute approximate surface area is 121 Å². The first kappa shape index (κ1) is 15.0. The first-order chi connectivity index (χ1) is 9.58. The number of carbonyl (C=O) groups excluding carboxylic acids is 1. The van der Waals surface area contributed by atoms with Crippen molar-refractivity contribution >= 4 is 17.6 Å². The highest BCUT2D eigenvalue weighted by Crippen LogP contribution is 2.29. The largest absolute Gasteiger partial charge is 0.372 e. The summed E-state index contributed by atoms with van der Waals surface area (Å²) in [5.41, 5.74) is 5.88. The van der Waals surface area contributed by atoms with Crippen molar-refractivity contribution < 1.29 is 13.9 Å². The van der Waals surface area contributed by atoms with Crippen LogP contribution in [0.3, 0.4) is 0 Å². The zero-order chi connectivity index (χ0) is 14.5. The number of carbonyl (C=O) groups is 1. The van der Waals surface area contributed by atoms with Gasteiger partial charge in [0.15, 0.2) is 0 Å². The summed E-state index contributed by atoms with van der Waals surface area (Å²) in [5, 5.41) is 5.86. The summed E-state index contributed by atoms with van der Waals surface area (Å²) < 4.78 is 19.0. The molecule has 1 aromatic carbocycles. The highest BCUT2D eigenvalue weighted by molar-refractivity contribution is 6.30. The smallest absolute Gasteiger partial charge is 0.312 e. The van der Waals surface area contributed by atoms with Crippen molar-refractivity contribution in [2.24, 2.45) is 11.7 Å². The summed E-state index contributed by atoms with van der Waals surface area (Å²) in [4.78, 5) is 10.8. The lowest BCUT2D eigenvalue weighted by Gasteiger charge is -2.25. The number of ether oxygens (including phenoxy) is 1. The lowest BCUT2D eigenvalue weighted by Crippen LogP contribution is -2.38. The highest BCUT2D eigenvalue weighted by Gasteiger charge is 2.26. The predicted molar refractivity (Wildman–Crippen MR) is 74.0 cm³/mol. The Hall–Kier alpha value is -1.37. The monoisotopic (exact) mass is 301 g/mol. The van der Waals surface area contributed by atoms with E-state index in [0.29, 0.717) is 19.7 Å². The van der Waals surface area contributed by atoms with E-state index in [0.717, 1.165) is 12.1 Å². The third-order valence-corrected chi connectivity index (χ3v) is 3.51. The number of benzene rings is 1. The van der Waals surface area contributed by atoms with Crippen LogP contribution < -0.4 is 16.4 Å². The van der Waals surface area contributed by atoms with Crippen LogP contribution in [0.4, 0.5) is 9.18 Å². The van der Waals surface area contributed by atoms with E-state index in [9.17, 15) is 9.18 Å². The molecule has 1 aromatic rings. The standard InChI is InChI=1S/C13H17ClFN3O2/c14-10-5-8(1-2-11(10)15)12-9(7-18-13(16)19)6-17-3-4-20-12/h1-2,5,9,12,17H,3-4,6-7H2,(H3,16,18,19)/t9-,12-/m0/s1. The van der Waals surface area contributed by atoms with E-state index in [1.54, 1.807) is 12.1 Å². The number of hydrogen-bond donors (Lipinski definition) is 3. The zero-order valence-corrected chi connectivity index (χ0v) is 11.6. The van der Waals surface area contributed by atoms with E-state index in [1.807, 2.05) is 0 Å². The molecule has 1 saturated heterocycles. The van der Waals surface area contributed by atoms with Gasteiger partial charge in [0.2, 0.25) is 0 Å². The molecule has 2 amide bonds. The van der Waals surface area contributed by atoms with E-state index < -0.39 is 11.8 Å². The Kier molecular flexibility index (Phi) is 5.17. The Morgan fingerprint density at radius 3 is 3.10 bits per heavy atom. The second kappa shape index (κ2) is 6.88. The molecule has 4 N–H and O–H groups in total. The van der Waals surface area contributed by atoms with Gasteiger partial charge in [-0.25, -0.2) is 9.18 Å². The third-order valence-electron chi connectivity index (χ3n) is 3.22. The van der Waals surface area contributed by atoms with Crippen molar-refractivity contribution in [3.63, 3.8) is 0 Å². The molecule has 2 atom stereocenters. The molecule has 0 saturated carbocycles. The molecular weight excluding hydrogens is 285 g/mol.